The van der Waals surface area contributed by atoms with Crippen LogP contribution in [0.2, 0.25) is 0 Å². The number of primary sulfonamides is 1. The van der Waals surface area contributed by atoms with E-state index in [1.54, 1.807) is 12.1 Å². The van der Waals surface area contributed by atoms with Crippen LogP contribution in [0.25, 0.3) is 0 Å². The minimum absolute atomic E-state index is 0.110. The lowest BCUT2D eigenvalue weighted by atomic mass is 10.1. The number of rotatable bonds is 6. The van der Waals surface area contributed by atoms with Crippen molar-refractivity contribution in [2.45, 2.75) is 43.5 Å². The van der Waals surface area contributed by atoms with Gasteiger partial charge in [0.2, 0.25) is 10.0 Å². The van der Waals surface area contributed by atoms with Gasteiger partial charge in [-0.3, -0.25) is 0 Å². The zero-order valence-corrected chi connectivity index (χ0v) is 12.6. The summed E-state index contributed by atoms with van der Waals surface area (Å²) in [6.07, 6.45) is 7.10. The van der Waals surface area contributed by atoms with Crippen molar-refractivity contribution in [3.8, 4) is 0 Å². The summed E-state index contributed by atoms with van der Waals surface area (Å²) in [6.45, 7) is 2.94. The van der Waals surface area contributed by atoms with E-state index >= 15 is 0 Å². The maximum absolute atomic E-state index is 11.3. The van der Waals surface area contributed by atoms with Crippen molar-refractivity contribution >= 4 is 10.0 Å². The molecule has 0 saturated heterocycles. The fourth-order valence-electron chi connectivity index (χ4n) is 2.49. The van der Waals surface area contributed by atoms with Gasteiger partial charge in [0, 0.05) is 6.04 Å². The summed E-state index contributed by atoms with van der Waals surface area (Å²) in [7, 11) is -3.63. The van der Waals surface area contributed by atoms with Crippen LogP contribution in [0.1, 0.15) is 44.2 Å². The molecule has 3 N–H and O–H groups in total. The lowest BCUT2D eigenvalue weighted by Crippen LogP contribution is -2.21. The molecule has 1 unspecified atom stereocenters. The summed E-state index contributed by atoms with van der Waals surface area (Å²) < 4.78 is 22.7. The molecule has 0 bridgehead atoms. The highest BCUT2D eigenvalue weighted by atomic mass is 32.2. The van der Waals surface area contributed by atoms with E-state index in [9.17, 15) is 8.42 Å². The normalized spacial score (nSPS) is 17.0. The van der Waals surface area contributed by atoms with Crippen LogP contribution in [-0.4, -0.2) is 15.0 Å². The Labute approximate surface area is 121 Å². The van der Waals surface area contributed by atoms with Crippen molar-refractivity contribution in [3.05, 3.63) is 41.5 Å². The average molecular weight is 294 g/mol. The van der Waals surface area contributed by atoms with Gasteiger partial charge in [-0.25, -0.2) is 13.6 Å². The third-order valence-corrected chi connectivity index (χ3v) is 4.63. The summed E-state index contributed by atoms with van der Waals surface area (Å²) in [6, 6.07) is 6.92. The molecule has 1 aromatic carbocycles. The summed E-state index contributed by atoms with van der Waals surface area (Å²) >= 11 is 0. The highest BCUT2D eigenvalue weighted by molar-refractivity contribution is 7.89. The van der Waals surface area contributed by atoms with Gasteiger partial charge in [-0.1, -0.05) is 23.8 Å². The Morgan fingerprint density at radius 1 is 1.40 bits per heavy atom. The van der Waals surface area contributed by atoms with Crippen molar-refractivity contribution in [2.24, 2.45) is 5.14 Å². The third-order valence-electron chi connectivity index (χ3n) is 3.72. The molecule has 1 atom stereocenters. The molecule has 0 amide bonds. The molecule has 110 valence electrons. The first-order valence-electron chi connectivity index (χ1n) is 7.01. The summed E-state index contributed by atoms with van der Waals surface area (Å²) in [4.78, 5) is 0.169. The Morgan fingerprint density at radius 3 is 2.85 bits per heavy atom. The van der Waals surface area contributed by atoms with E-state index in [1.807, 2.05) is 13.0 Å². The molecule has 0 radical (unpaired) electrons. The predicted octanol–water partition coefficient (Wildman–Crippen LogP) is 2.49. The van der Waals surface area contributed by atoms with Crippen LogP contribution in [0.3, 0.4) is 0 Å². The molecule has 0 aromatic heterocycles. The van der Waals surface area contributed by atoms with Gasteiger partial charge in [-0.05, 0) is 56.8 Å². The van der Waals surface area contributed by atoms with E-state index in [1.165, 1.54) is 30.9 Å². The van der Waals surface area contributed by atoms with E-state index in [0.717, 1.165) is 18.5 Å². The Kier molecular flexibility index (Phi) is 4.96. The van der Waals surface area contributed by atoms with Crippen LogP contribution in [0.15, 0.2) is 40.8 Å². The largest absolute Gasteiger partial charge is 0.310 e. The van der Waals surface area contributed by atoms with Crippen molar-refractivity contribution in [1.82, 2.24) is 5.32 Å². The Morgan fingerprint density at radius 2 is 2.20 bits per heavy atom. The topological polar surface area (TPSA) is 72.2 Å². The van der Waals surface area contributed by atoms with Crippen molar-refractivity contribution in [3.63, 3.8) is 0 Å². The molecular formula is C15H22N2O2S. The number of nitrogens with one attached hydrogen (secondary N) is 1. The van der Waals surface area contributed by atoms with E-state index in [4.69, 9.17) is 5.14 Å². The van der Waals surface area contributed by atoms with Crippen molar-refractivity contribution in [2.75, 3.05) is 6.54 Å². The van der Waals surface area contributed by atoms with Crippen molar-refractivity contribution in [1.29, 1.82) is 0 Å². The van der Waals surface area contributed by atoms with Gasteiger partial charge in [0.25, 0.3) is 0 Å². The van der Waals surface area contributed by atoms with Crippen LogP contribution in [0, 0.1) is 0 Å². The zero-order chi connectivity index (χ0) is 14.6. The standard InChI is InChI=1S/C15H22N2O2S/c1-12(17-10-9-13-5-2-3-6-13)14-7-4-8-15(11-14)20(16,18)19/h4-5,7-8,11-12,17H,2-3,6,9-10H2,1H3,(H2,16,18,19). The van der Waals surface area contributed by atoms with E-state index < -0.39 is 10.0 Å². The van der Waals surface area contributed by atoms with Gasteiger partial charge in [-0.15, -0.1) is 0 Å². The first-order valence-corrected chi connectivity index (χ1v) is 8.55. The second kappa shape index (κ2) is 6.52. The Hall–Kier alpha value is -1.17. The lowest BCUT2D eigenvalue weighted by Gasteiger charge is -2.15. The Bertz CT molecular complexity index is 594. The zero-order valence-electron chi connectivity index (χ0n) is 11.8. The van der Waals surface area contributed by atoms with Crippen LogP contribution in [0.5, 0.6) is 0 Å². The third kappa shape index (κ3) is 4.16. The molecule has 0 spiro atoms. The number of sulfonamides is 1. The maximum Gasteiger partial charge on any atom is 0.238 e. The molecule has 2 rings (SSSR count). The average Bonchev–Trinajstić information content (AvgIpc) is 2.91. The predicted molar refractivity (Wildman–Crippen MR) is 80.8 cm³/mol. The molecule has 1 aromatic rings. The lowest BCUT2D eigenvalue weighted by molar-refractivity contribution is 0.571. The SMILES string of the molecule is CC(NCCC1=CCCC1)c1cccc(S(N)(=O)=O)c1. The van der Waals surface area contributed by atoms with Gasteiger partial charge >= 0.3 is 0 Å². The second-order valence-corrected chi connectivity index (χ2v) is 6.86. The molecule has 1 aliphatic carbocycles. The van der Waals surface area contributed by atoms with Gasteiger partial charge in [0.1, 0.15) is 0 Å². The summed E-state index contributed by atoms with van der Waals surface area (Å²) in [5.41, 5.74) is 2.47. The molecule has 0 fully saturated rings. The van der Waals surface area contributed by atoms with Crippen LogP contribution < -0.4 is 10.5 Å². The molecule has 1 aliphatic rings. The molecular weight excluding hydrogens is 272 g/mol. The van der Waals surface area contributed by atoms with Crippen LogP contribution in [-0.2, 0) is 10.0 Å². The number of nitrogens with two attached hydrogens (primary N) is 1. The van der Waals surface area contributed by atoms with E-state index in [2.05, 4.69) is 11.4 Å². The van der Waals surface area contributed by atoms with Gasteiger partial charge in [0.05, 0.1) is 4.90 Å². The van der Waals surface area contributed by atoms with E-state index in [-0.39, 0.29) is 10.9 Å². The monoisotopic (exact) mass is 294 g/mol. The van der Waals surface area contributed by atoms with Gasteiger partial charge in [0.15, 0.2) is 0 Å². The molecule has 5 heteroatoms. The van der Waals surface area contributed by atoms with E-state index in [0.29, 0.717) is 0 Å². The molecule has 0 saturated carbocycles. The number of hydrogen-bond donors (Lipinski definition) is 2. The molecule has 4 nitrogen and oxygen atoms in total. The number of hydrogen-bond acceptors (Lipinski definition) is 3. The minimum Gasteiger partial charge on any atom is -0.310 e. The highest BCUT2D eigenvalue weighted by Crippen LogP contribution is 2.21. The smallest absolute Gasteiger partial charge is 0.238 e. The fraction of sp³-hybridized carbons (Fsp3) is 0.467. The fourth-order valence-corrected chi connectivity index (χ4v) is 3.06. The summed E-state index contributed by atoms with van der Waals surface area (Å²) in [5, 5.41) is 8.58. The van der Waals surface area contributed by atoms with Gasteiger partial charge < -0.3 is 5.32 Å². The first-order chi connectivity index (χ1) is 9.47. The molecule has 0 heterocycles. The quantitative estimate of drug-likeness (QED) is 0.792. The van der Waals surface area contributed by atoms with Crippen LogP contribution in [0.4, 0.5) is 0 Å². The molecule has 20 heavy (non-hydrogen) atoms. The highest BCUT2D eigenvalue weighted by Gasteiger charge is 2.11. The first kappa shape index (κ1) is 15.2. The second-order valence-electron chi connectivity index (χ2n) is 5.30. The summed E-state index contributed by atoms with van der Waals surface area (Å²) in [5.74, 6) is 0. The van der Waals surface area contributed by atoms with Gasteiger partial charge in [-0.2, -0.15) is 0 Å². The number of allylic oxidation sites excluding steroid dienone is 1. The Balaban J connectivity index is 1.93. The minimum atomic E-state index is -3.63. The molecule has 0 aliphatic heterocycles. The van der Waals surface area contributed by atoms with Crippen molar-refractivity contribution < 1.29 is 8.42 Å². The maximum atomic E-state index is 11.3. The number of benzene rings is 1. The van der Waals surface area contributed by atoms with Crippen LogP contribution >= 0.6 is 0 Å².